The number of nitrogens with one attached hydrogen (secondary N) is 3. The summed E-state index contributed by atoms with van der Waals surface area (Å²) >= 11 is 0. The molecule has 2 aromatic carbocycles. The van der Waals surface area contributed by atoms with Crippen LogP contribution in [0.1, 0.15) is 125 Å². The first-order valence-corrected chi connectivity index (χ1v) is 23.4. The lowest BCUT2D eigenvalue weighted by Gasteiger charge is -2.50. The maximum atomic E-state index is 12.9. The highest BCUT2D eigenvalue weighted by molar-refractivity contribution is 5.86. The van der Waals surface area contributed by atoms with Crippen molar-refractivity contribution < 1.29 is 45.0 Å². The van der Waals surface area contributed by atoms with Crippen LogP contribution in [0.25, 0.3) is 10.8 Å². The number of aliphatic carboxylic acids is 1. The van der Waals surface area contributed by atoms with E-state index in [2.05, 4.69) is 39.9 Å². The van der Waals surface area contributed by atoms with Crippen LogP contribution in [-0.2, 0) is 20.8 Å². The van der Waals surface area contributed by atoms with E-state index >= 15 is 0 Å². The molecule has 0 radical (unpaired) electrons. The minimum absolute atomic E-state index is 0.0108. The molecule has 7 rings (SSSR count). The van der Waals surface area contributed by atoms with E-state index in [0.29, 0.717) is 49.9 Å². The quantitative estimate of drug-likeness (QED) is 0.0383. The van der Waals surface area contributed by atoms with Gasteiger partial charge in [-0.25, -0.2) is 9.79 Å². The molecule has 4 aliphatic rings. The fraction of sp³-hybridized carbons (Fsp3) is 0.592. The Morgan fingerprint density at radius 3 is 2.42 bits per heavy atom. The Balaban J connectivity index is 1.22. The second-order valence-electron chi connectivity index (χ2n) is 19.2. The van der Waals surface area contributed by atoms with E-state index in [1.165, 1.54) is 17.2 Å². The number of guanidine groups is 1. The van der Waals surface area contributed by atoms with Crippen LogP contribution in [0.5, 0.6) is 0 Å². The topological polar surface area (TPSA) is 277 Å². The molecule has 1 aliphatic heterocycles. The molecule has 64 heavy (non-hydrogen) atoms. The summed E-state index contributed by atoms with van der Waals surface area (Å²) in [5, 5.41) is 72.2. The van der Waals surface area contributed by atoms with Crippen LogP contribution in [0.4, 0.5) is 5.82 Å². The van der Waals surface area contributed by atoms with Crippen molar-refractivity contribution in [3.63, 3.8) is 0 Å². The van der Waals surface area contributed by atoms with E-state index in [0.717, 1.165) is 80.3 Å². The van der Waals surface area contributed by atoms with Crippen molar-refractivity contribution in [2.24, 2.45) is 34.2 Å². The molecule has 11 unspecified atom stereocenters. The highest BCUT2D eigenvalue weighted by Gasteiger charge is 2.49. The highest BCUT2D eigenvalue weighted by atomic mass is 16.5. The number of aliphatic hydroxyl groups excluding tert-OH is 3. The molecule has 2 bridgehead atoms. The first-order valence-electron chi connectivity index (χ1n) is 23.4. The van der Waals surface area contributed by atoms with E-state index in [1.54, 1.807) is 6.20 Å². The summed E-state index contributed by atoms with van der Waals surface area (Å²) in [6, 6.07) is 12.3. The average Bonchev–Trinajstić information content (AvgIpc) is 3.97. The van der Waals surface area contributed by atoms with Gasteiger partial charge >= 0.3 is 5.97 Å². The normalized spacial score (nSPS) is 26.5. The number of anilines is 1. The molecule has 348 valence electrons. The predicted octanol–water partition coefficient (Wildman–Crippen LogP) is 4.25. The molecule has 2 saturated carbocycles. The van der Waals surface area contributed by atoms with Crippen LogP contribution in [0.3, 0.4) is 0 Å². The Morgan fingerprint density at radius 1 is 0.953 bits per heavy atom. The van der Waals surface area contributed by atoms with E-state index in [1.807, 2.05) is 18.2 Å². The van der Waals surface area contributed by atoms with Gasteiger partial charge in [0.1, 0.15) is 30.6 Å². The molecule has 15 nitrogen and oxygen atoms in total. The summed E-state index contributed by atoms with van der Waals surface area (Å²) in [5.41, 5.74) is 15.7. The molecule has 3 aliphatic carbocycles. The van der Waals surface area contributed by atoms with E-state index < -0.39 is 48.2 Å². The summed E-state index contributed by atoms with van der Waals surface area (Å²) in [6.07, 6.45) is 9.76. The zero-order chi connectivity index (χ0) is 45.5. The van der Waals surface area contributed by atoms with Gasteiger partial charge in [0.15, 0.2) is 12.2 Å². The number of benzene rings is 2. The molecular weight excluding hydrogens is 817 g/mol. The molecular formula is C49H68N6O9. The van der Waals surface area contributed by atoms with Gasteiger partial charge in [0, 0.05) is 30.7 Å². The molecule has 15 heteroatoms. The Labute approximate surface area is 374 Å². The molecule has 13 N–H and O–H groups in total. The Hall–Kier alpha value is -4.64. The summed E-state index contributed by atoms with van der Waals surface area (Å²) in [5.74, 6) is -0.370. The summed E-state index contributed by atoms with van der Waals surface area (Å²) < 4.78 is 0. The van der Waals surface area contributed by atoms with Crippen LogP contribution in [0.15, 0.2) is 65.3 Å². The van der Waals surface area contributed by atoms with Crippen molar-refractivity contribution in [2.75, 3.05) is 5.32 Å². The third-order valence-electron chi connectivity index (χ3n) is 15.0. The van der Waals surface area contributed by atoms with E-state index in [4.69, 9.17) is 16.5 Å². The zero-order valence-corrected chi connectivity index (χ0v) is 36.6. The lowest BCUT2D eigenvalue weighted by atomic mass is 9.56. The number of carbonyl (C=O) groups excluding carboxylic acids is 2. The monoisotopic (exact) mass is 885 g/mol. The lowest BCUT2D eigenvalue weighted by molar-refractivity contribution is -0.131. The first-order chi connectivity index (χ1) is 30.8. The number of carbonyl (C=O) groups is 3. The van der Waals surface area contributed by atoms with Crippen molar-refractivity contribution >= 4 is 41.1 Å². The summed E-state index contributed by atoms with van der Waals surface area (Å²) in [4.78, 5) is 44.2. The van der Waals surface area contributed by atoms with Crippen LogP contribution >= 0.6 is 0 Å². The molecule has 0 amide bonds. The first kappa shape index (κ1) is 47.3. The third-order valence-corrected chi connectivity index (χ3v) is 15.0. The van der Waals surface area contributed by atoms with Crippen molar-refractivity contribution in [1.82, 2.24) is 10.3 Å². The Kier molecular flexibility index (Phi) is 15.6. The number of rotatable bonds is 22. The number of nitrogens with two attached hydrogens (primary N) is 2. The smallest absolute Gasteiger partial charge is 0.328 e. The van der Waals surface area contributed by atoms with Crippen LogP contribution in [0.2, 0.25) is 0 Å². The van der Waals surface area contributed by atoms with Crippen molar-refractivity contribution in [2.45, 2.75) is 163 Å². The maximum Gasteiger partial charge on any atom is 0.328 e. The molecule has 2 heterocycles. The average molecular weight is 885 g/mol. The largest absolute Gasteiger partial charge is 0.478 e. The minimum atomic E-state index is -1.45. The molecule has 1 aromatic heterocycles. The number of aliphatic hydroxyl groups is 5. The van der Waals surface area contributed by atoms with Gasteiger partial charge in [-0.05, 0) is 146 Å². The van der Waals surface area contributed by atoms with Gasteiger partial charge in [-0.15, -0.1) is 0 Å². The number of hydrogen-bond acceptors (Lipinski definition) is 13. The van der Waals surface area contributed by atoms with Crippen molar-refractivity contribution in [3.05, 3.63) is 77.0 Å². The Morgan fingerprint density at radius 2 is 1.72 bits per heavy atom. The van der Waals surface area contributed by atoms with Crippen molar-refractivity contribution in [3.8, 4) is 0 Å². The zero-order valence-electron chi connectivity index (χ0n) is 36.6. The van der Waals surface area contributed by atoms with Crippen LogP contribution in [0, 0.1) is 17.8 Å². The highest BCUT2D eigenvalue weighted by Crippen LogP contribution is 2.56. The number of fused-ring (bicyclic) bond motifs is 5. The summed E-state index contributed by atoms with van der Waals surface area (Å²) in [7, 11) is 0. The second kappa shape index (κ2) is 21.1. The van der Waals surface area contributed by atoms with Crippen LogP contribution in [-0.4, -0.2) is 108 Å². The number of aromatic amines is 1. The summed E-state index contributed by atoms with van der Waals surface area (Å²) in [6.45, 7) is 0. The molecule has 0 saturated heterocycles. The van der Waals surface area contributed by atoms with E-state index in [-0.39, 0.29) is 54.4 Å². The van der Waals surface area contributed by atoms with Crippen molar-refractivity contribution in [1.29, 1.82) is 0 Å². The number of aliphatic imine (C=N–C) groups is 1. The van der Waals surface area contributed by atoms with Gasteiger partial charge in [-0.1, -0.05) is 49.6 Å². The third kappa shape index (κ3) is 11.1. The predicted molar refractivity (Wildman–Crippen MR) is 244 cm³/mol. The second-order valence-corrected chi connectivity index (χ2v) is 19.2. The Bertz CT molecular complexity index is 2120. The number of nitrogens with zero attached hydrogens (tertiary/aromatic N) is 1. The number of hydrogen-bond donors (Lipinski definition) is 11. The SMILES string of the molecule is NC1=NC(C(=CC(=O)O)C(Nc2ccc[nH]2)C2CCC3CC2C(CCCC(N)CCC(C=O)CCC(O)O)c2cc4cc(CC=O)ccc4cc23)CC(C(O)C(O)C2(O)CCCC2)N1. The molecule has 0 spiro atoms. The maximum absolute atomic E-state index is 12.9. The van der Waals surface area contributed by atoms with Crippen LogP contribution < -0.4 is 22.1 Å². The molecule has 3 aromatic rings. The van der Waals surface area contributed by atoms with Gasteiger partial charge in [0.25, 0.3) is 0 Å². The molecule has 2 fully saturated rings. The van der Waals surface area contributed by atoms with Gasteiger partial charge in [-0.2, -0.15) is 0 Å². The standard InChI is InChI=1S/C49H68N6O9/c50-33(13-9-29(27-57)10-15-43(58)59)5-3-6-34-37-23-31(36-22-30-11-8-28(16-20-56)21-32(30)24-38(34)36)12-14-35(37)45(55-42-7-4-19-52-42)39(25-44(60)61)40-26-41(54-48(51)53-40)46(62)47(63)49(64)17-1-2-18-49/h4,7-8,11,19-22,24-25,27,29,31,33-35,37,40-41,43,45-47,52,55,58-59,62-64H,1-3,5-6,9-10,12-18,23,26,50H2,(H,60,61)(H3,51,53,54). The van der Waals surface area contributed by atoms with Gasteiger partial charge in [0.05, 0.1) is 23.7 Å². The number of aromatic nitrogens is 1. The number of H-pyrrole nitrogens is 1. The number of carboxylic acids is 1. The lowest BCUT2D eigenvalue weighted by Crippen LogP contribution is -2.60. The van der Waals surface area contributed by atoms with Gasteiger partial charge in [0.2, 0.25) is 0 Å². The molecule has 11 atom stereocenters. The number of aldehydes is 2. The fourth-order valence-electron chi connectivity index (χ4n) is 11.6. The number of carboxylic acid groups (broad SMARTS) is 1. The fourth-order valence-corrected chi connectivity index (χ4v) is 11.6. The van der Waals surface area contributed by atoms with Gasteiger partial charge in [-0.3, -0.25) is 0 Å². The minimum Gasteiger partial charge on any atom is -0.478 e. The van der Waals surface area contributed by atoms with Gasteiger partial charge < -0.3 is 67.3 Å². The van der Waals surface area contributed by atoms with E-state index in [9.17, 15) is 45.0 Å².